The summed E-state index contributed by atoms with van der Waals surface area (Å²) in [5, 5.41) is 17.0. The van der Waals surface area contributed by atoms with E-state index < -0.39 is 24.1 Å². The second-order valence-electron chi connectivity index (χ2n) is 17.6. The smallest absolute Gasteiger partial charge is 0.255 e. The number of fused-ring (bicyclic) bond motifs is 5. The Labute approximate surface area is 411 Å². The zero-order valence-electron chi connectivity index (χ0n) is 38.9. The highest BCUT2D eigenvalue weighted by Gasteiger charge is 2.46. The third-order valence-corrected chi connectivity index (χ3v) is 14.7. The van der Waals surface area contributed by atoms with E-state index >= 15 is 0 Å². The number of aromatic nitrogens is 5. The maximum absolute atomic E-state index is 14.3. The number of aliphatic hydroxyl groups is 1. The van der Waals surface area contributed by atoms with Crippen molar-refractivity contribution in [3.8, 4) is 33.3 Å². The summed E-state index contributed by atoms with van der Waals surface area (Å²) in [7, 11) is 1.84. The number of β-amino-alcohol motifs (C(OH)–C–C–N with tert-alkyl or cyclic N) is 1. The zero-order valence-corrected chi connectivity index (χ0v) is 40.6. The van der Waals surface area contributed by atoms with Crippen molar-refractivity contribution in [2.45, 2.75) is 58.5 Å². The molecular weight excluding hydrogens is 929 g/mol. The molecule has 19 heteroatoms. The van der Waals surface area contributed by atoms with Gasteiger partial charge < -0.3 is 39.8 Å². The largest absolute Gasteiger partial charge is 0.491 e. The number of nitrogens with one attached hydrogen (secondary N) is 2. The molecule has 358 valence electrons. The van der Waals surface area contributed by atoms with Crippen LogP contribution >= 0.6 is 22.7 Å². The van der Waals surface area contributed by atoms with E-state index in [4.69, 9.17) is 30.8 Å². The predicted octanol–water partition coefficient (Wildman–Crippen LogP) is 7.62. The molecular formula is C51H50N10O7S2. The van der Waals surface area contributed by atoms with E-state index in [0.29, 0.717) is 53.8 Å². The van der Waals surface area contributed by atoms with Gasteiger partial charge in [-0.1, -0.05) is 55.5 Å². The monoisotopic (exact) mass is 978 g/mol. The van der Waals surface area contributed by atoms with Gasteiger partial charge in [0.2, 0.25) is 11.8 Å². The van der Waals surface area contributed by atoms with Crippen LogP contribution in [-0.4, -0.2) is 115 Å². The van der Waals surface area contributed by atoms with Crippen molar-refractivity contribution in [1.82, 2.24) is 38.9 Å². The topological polar surface area (TPSA) is 182 Å². The van der Waals surface area contributed by atoms with Gasteiger partial charge in [-0.2, -0.15) is 0 Å². The van der Waals surface area contributed by atoms with Gasteiger partial charge in [-0.25, -0.2) is 19.8 Å². The number of aryl methyl sites for hydroxylation is 1. The van der Waals surface area contributed by atoms with Gasteiger partial charge in [0.05, 0.1) is 52.2 Å². The normalized spacial score (nSPS) is 16.1. The Hall–Kier alpha value is -7.37. The van der Waals surface area contributed by atoms with Crippen LogP contribution in [0.25, 0.3) is 47.5 Å². The summed E-state index contributed by atoms with van der Waals surface area (Å²) in [6, 6.07) is 20.9. The first-order valence-corrected chi connectivity index (χ1v) is 24.7. The number of benzene rings is 3. The molecule has 70 heavy (non-hydrogen) atoms. The first-order chi connectivity index (χ1) is 34.0. The number of likely N-dealkylation sites (tertiary alicyclic amines) is 1. The Bertz CT molecular complexity index is 3330. The van der Waals surface area contributed by atoms with Crippen molar-refractivity contribution < 1.29 is 33.7 Å². The van der Waals surface area contributed by atoms with Crippen LogP contribution < -0.4 is 20.1 Å². The Balaban J connectivity index is 0.747. The third kappa shape index (κ3) is 8.90. The SMILES string of the molecule is [C-]#[N+]c1ccn2c(NC)c(-c3cn4c(n3)sc3cc(OCCOCCOc5cc(-c6scnc6C)ccc5CNC(=O)[C@@H]5C[C@@H](O)CN5C(=O)[C@H](C(C)C)N5Cc6ccccc6C5=O)ccc34)nc2c1. The molecule has 3 aromatic carbocycles. The van der Waals surface area contributed by atoms with Crippen molar-refractivity contribution in [2.75, 3.05) is 45.3 Å². The van der Waals surface area contributed by atoms with E-state index in [2.05, 4.69) is 20.5 Å². The minimum absolute atomic E-state index is 0.00397. The van der Waals surface area contributed by atoms with E-state index in [1.165, 1.54) is 16.2 Å². The highest BCUT2D eigenvalue weighted by Crippen LogP contribution is 2.36. The summed E-state index contributed by atoms with van der Waals surface area (Å²) in [6.07, 6.45) is 3.01. The number of hydrogen-bond donors (Lipinski definition) is 3. The number of rotatable bonds is 17. The molecule has 0 bridgehead atoms. The van der Waals surface area contributed by atoms with Crippen LogP contribution in [0.1, 0.15) is 47.4 Å². The van der Waals surface area contributed by atoms with Crippen molar-refractivity contribution in [3.05, 3.63) is 125 Å². The summed E-state index contributed by atoms with van der Waals surface area (Å²) < 4.78 is 23.3. The fraction of sp³-hybridized carbons (Fsp3) is 0.314. The molecule has 7 heterocycles. The van der Waals surface area contributed by atoms with Gasteiger partial charge in [0.1, 0.15) is 59.6 Å². The Morgan fingerprint density at radius 2 is 1.83 bits per heavy atom. The molecule has 2 aliphatic rings. The minimum Gasteiger partial charge on any atom is -0.491 e. The number of ether oxygens (including phenoxy) is 3. The lowest BCUT2D eigenvalue weighted by atomic mass is 10.0. The van der Waals surface area contributed by atoms with Gasteiger partial charge in [-0.15, -0.1) is 11.3 Å². The lowest BCUT2D eigenvalue weighted by Crippen LogP contribution is -2.55. The zero-order chi connectivity index (χ0) is 48.6. The summed E-state index contributed by atoms with van der Waals surface area (Å²) >= 11 is 3.08. The molecule has 1 fully saturated rings. The fourth-order valence-electron chi connectivity index (χ4n) is 9.35. The number of thiazole rings is 2. The molecule has 2 aliphatic heterocycles. The number of amides is 3. The van der Waals surface area contributed by atoms with Crippen molar-refractivity contribution in [3.63, 3.8) is 0 Å². The van der Waals surface area contributed by atoms with Crippen LogP contribution in [0.2, 0.25) is 0 Å². The summed E-state index contributed by atoms with van der Waals surface area (Å²) in [6.45, 7) is 14.7. The highest BCUT2D eigenvalue weighted by atomic mass is 32.1. The van der Waals surface area contributed by atoms with Gasteiger partial charge in [0.15, 0.2) is 10.6 Å². The number of aliphatic hydroxyl groups excluding tert-OH is 1. The molecule has 0 unspecified atom stereocenters. The maximum Gasteiger partial charge on any atom is 0.255 e. The Morgan fingerprint density at radius 1 is 1.00 bits per heavy atom. The average Bonchev–Trinajstić information content (AvgIpc) is 4.23. The first-order valence-electron chi connectivity index (χ1n) is 23.0. The van der Waals surface area contributed by atoms with Crippen LogP contribution in [0, 0.1) is 19.4 Å². The van der Waals surface area contributed by atoms with E-state index in [-0.39, 0.29) is 50.5 Å². The lowest BCUT2D eigenvalue weighted by Gasteiger charge is -2.35. The summed E-state index contributed by atoms with van der Waals surface area (Å²) in [5.41, 5.74) is 9.38. The van der Waals surface area contributed by atoms with Gasteiger partial charge in [-0.3, -0.25) is 23.2 Å². The Morgan fingerprint density at radius 3 is 2.60 bits per heavy atom. The van der Waals surface area contributed by atoms with Crippen molar-refractivity contribution >= 4 is 72.7 Å². The second kappa shape index (κ2) is 19.6. The van der Waals surface area contributed by atoms with Crippen LogP contribution in [0.5, 0.6) is 11.5 Å². The first kappa shape index (κ1) is 46.4. The molecule has 5 aromatic heterocycles. The van der Waals surface area contributed by atoms with Crippen molar-refractivity contribution in [2.24, 2.45) is 5.92 Å². The molecule has 3 N–H and O–H groups in total. The molecule has 10 rings (SSSR count). The van der Waals surface area contributed by atoms with Crippen LogP contribution in [0.3, 0.4) is 0 Å². The summed E-state index contributed by atoms with van der Waals surface area (Å²) in [5.74, 6) is 0.863. The quantitative estimate of drug-likeness (QED) is 0.0603. The van der Waals surface area contributed by atoms with Gasteiger partial charge in [-0.05, 0) is 66.4 Å². The minimum atomic E-state index is -0.917. The lowest BCUT2D eigenvalue weighted by molar-refractivity contribution is -0.143. The number of imidazole rings is 2. The highest BCUT2D eigenvalue weighted by molar-refractivity contribution is 7.23. The molecule has 3 amide bonds. The molecule has 0 radical (unpaired) electrons. The molecule has 0 saturated carbocycles. The van der Waals surface area contributed by atoms with E-state index in [1.807, 2.05) is 104 Å². The molecule has 8 aromatic rings. The number of anilines is 1. The number of nitrogens with zero attached hydrogens (tertiary/aromatic N) is 8. The number of carbonyl (C=O) groups excluding carboxylic acids is 3. The predicted molar refractivity (Wildman–Crippen MR) is 268 cm³/mol. The molecule has 3 atom stereocenters. The van der Waals surface area contributed by atoms with E-state index in [0.717, 1.165) is 54.0 Å². The van der Waals surface area contributed by atoms with E-state index in [1.54, 1.807) is 39.9 Å². The number of carbonyl (C=O) groups is 3. The molecule has 0 spiro atoms. The van der Waals surface area contributed by atoms with Crippen LogP contribution in [0.4, 0.5) is 11.5 Å². The van der Waals surface area contributed by atoms with Gasteiger partial charge in [0, 0.05) is 56.6 Å². The molecule has 0 aliphatic carbocycles. The summed E-state index contributed by atoms with van der Waals surface area (Å²) in [4.78, 5) is 64.2. The number of pyridine rings is 1. The average molecular weight is 979 g/mol. The van der Waals surface area contributed by atoms with Crippen LogP contribution in [0.15, 0.2) is 90.7 Å². The fourth-order valence-corrected chi connectivity index (χ4v) is 11.2. The van der Waals surface area contributed by atoms with Gasteiger partial charge >= 0.3 is 0 Å². The number of hydrogen-bond acceptors (Lipinski definition) is 13. The maximum atomic E-state index is 14.3. The van der Waals surface area contributed by atoms with Crippen molar-refractivity contribution in [1.29, 1.82) is 0 Å². The second-order valence-corrected chi connectivity index (χ2v) is 19.4. The Kier molecular flexibility index (Phi) is 13.0. The molecule has 17 nitrogen and oxygen atoms in total. The van der Waals surface area contributed by atoms with Gasteiger partial charge in [0.25, 0.3) is 5.91 Å². The molecule has 1 saturated heterocycles. The van der Waals surface area contributed by atoms with Crippen LogP contribution in [-0.2, 0) is 27.4 Å². The standard InChI is InChI=1S/C51H50N10O7S2/c1-29(2)45(61-25-33-8-6-7-9-37(33)49(61)64)50(65)59-26-35(62)22-40(59)48(63)54-24-32-11-10-31(46-30(3)55-28-69-46)20-41(32)68-19-17-66-16-18-67-36-12-13-39-42(23-36)70-51-56-38(27-60(39)51)44-47(53-5)58-15-14-34(52-4)21-43(58)57-44/h6-15,20-21,23,27-29,35,40,45,53,62H,16-19,22,24-26H2,1-3,5H3,(H,54,63)/t35-,40+,45+/m1/s1. The van der Waals surface area contributed by atoms with E-state index in [9.17, 15) is 19.5 Å². The third-order valence-electron chi connectivity index (χ3n) is 12.7.